The van der Waals surface area contributed by atoms with Gasteiger partial charge >= 0.3 is 0 Å². The highest BCUT2D eigenvalue weighted by molar-refractivity contribution is 6.31. The Bertz CT molecular complexity index is 1320. The smallest absolute Gasteiger partial charge is 0.254 e. The van der Waals surface area contributed by atoms with Gasteiger partial charge in [-0.15, -0.1) is 0 Å². The molecule has 182 valence electrons. The zero-order valence-electron chi connectivity index (χ0n) is 19.8. The molecular formula is C27H29ClN4O3. The van der Waals surface area contributed by atoms with Crippen molar-refractivity contribution < 1.29 is 14.3 Å². The van der Waals surface area contributed by atoms with E-state index in [1.165, 1.54) is 6.42 Å². The second-order valence-corrected chi connectivity index (χ2v) is 10.3. The summed E-state index contributed by atoms with van der Waals surface area (Å²) in [5.74, 6) is 1.21. The van der Waals surface area contributed by atoms with E-state index in [1.54, 1.807) is 6.07 Å². The van der Waals surface area contributed by atoms with Crippen LogP contribution in [0.1, 0.15) is 65.3 Å². The van der Waals surface area contributed by atoms with Crippen LogP contribution in [0.25, 0.3) is 11.0 Å². The van der Waals surface area contributed by atoms with E-state index in [1.807, 2.05) is 36.2 Å². The van der Waals surface area contributed by atoms with Gasteiger partial charge in [0.25, 0.3) is 11.8 Å². The molecule has 1 N–H and O–H groups in total. The fourth-order valence-corrected chi connectivity index (χ4v) is 5.83. The predicted octanol–water partition coefficient (Wildman–Crippen LogP) is 4.81. The first-order valence-corrected chi connectivity index (χ1v) is 12.9. The minimum absolute atomic E-state index is 0.0685. The number of imidazole rings is 1. The number of nitrogens with zero attached hydrogens (tertiary/aromatic N) is 3. The summed E-state index contributed by atoms with van der Waals surface area (Å²) in [6, 6.07) is 9.53. The number of ether oxygens (including phenoxy) is 1. The molecular weight excluding hydrogens is 464 g/mol. The highest BCUT2D eigenvalue weighted by Crippen LogP contribution is 2.38. The van der Waals surface area contributed by atoms with Gasteiger partial charge in [-0.05, 0) is 61.4 Å². The van der Waals surface area contributed by atoms with Crippen LogP contribution in [0.5, 0.6) is 0 Å². The Labute approximate surface area is 209 Å². The van der Waals surface area contributed by atoms with Gasteiger partial charge in [0, 0.05) is 43.2 Å². The van der Waals surface area contributed by atoms with Crippen LogP contribution in [0.15, 0.2) is 30.3 Å². The predicted molar refractivity (Wildman–Crippen MR) is 135 cm³/mol. The number of fused-ring (bicyclic) bond motifs is 2. The van der Waals surface area contributed by atoms with Gasteiger partial charge in [0.15, 0.2) is 0 Å². The lowest BCUT2D eigenvalue weighted by atomic mass is 9.85. The van der Waals surface area contributed by atoms with E-state index in [0.29, 0.717) is 43.3 Å². The highest BCUT2D eigenvalue weighted by atomic mass is 35.5. The van der Waals surface area contributed by atoms with Crippen molar-refractivity contribution in [3.8, 4) is 0 Å². The Morgan fingerprint density at radius 2 is 2.03 bits per heavy atom. The van der Waals surface area contributed by atoms with Crippen molar-refractivity contribution in [1.82, 2.24) is 14.5 Å². The Hall–Kier alpha value is -2.90. The van der Waals surface area contributed by atoms with E-state index in [9.17, 15) is 9.59 Å². The fourth-order valence-electron chi connectivity index (χ4n) is 5.54. The maximum Gasteiger partial charge on any atom is 0.254 e. The molecule has 3 heterocycles. The molecule has 2 amide bonds. The molecule has 2 aliphatic heterocycles. The standard InChI is InChI=1S/C27H29ClN4O3/c1-31-24-21(29-25(31)16-5-2-6-16)13-18(14-22(24)30-26(33)23-9-4-12-35-23)27(34)32-11-10-19-17(15-32)7-3-8-20(19)28/h3,7-8,13-14,16,23H,2,4-6,9-12,15H2,1H3,(H,30,33)/t23-/m0/s1. The molecule has 1 aromatic heterocycles. The lowest BCUT2D eigenvalue weighted by Gasteiger charge is -2.29. The van der Waals surface area contributed by atoms with Gasteiger partial charge in [-0.3, -0.25) is 9.59 Å². The van der Waals surface area contributed by atoms with Crippen molar-refractivity contribution in [3.63, 3.8) is 0 Å². The molecule has 2 fully saturated rings. The summed E-state index contributed by atoms with van der Waals surface area (Å²) in [5.41, 5.74) is 4.94. The molecule has 3 aliphatic rings. The summed E-state index contributed by atoms with van der Waals surface area (Å²) in [4.78, 5) is 33.4. The van der Waals surface area contributed by atoms with Crippen LogP contribution >= 0.6 is 11.6 Å². The number of rotatable bonds is 4. The molecule has 35 heavy (non-hydrogen) atoms. The van der Waals surface area contributed by atoms with E-state index in [0.717, 1.165) is 58.7 Å². The van der Waals surface area contributed by atoms with Crippen molar-refractivity contribution in [2.45, 2.75) is 57.1 Å². The number of aryl methyl sites for hydroxylation is 1. The van der Waals surface area contributed by atoms with Crippen LogP contribution in [0.3, 0.4) is 0 Å². The van der Waals surface area contributed by atoms with Gasteiger partial charge < -0.3 is 19.5 Å². The van der Waals surface area contributed by atoms with Crippen LogP contribution in [0, 0.1) is 0 Å². The van der Waals surface area contributed by atoms with Gasteiger partial charge in [-0.1, -0.05) is 30.2 Å². The van der Waals surface area contributed by atoms with Crippen molar-refractivity contribution in [3.05, 3.63) is 57.9 Å². The molecule has 3 aromatic rings. The average molecular weight is 493 g/mol. The number of hydrogen-bond acceptors (Lipinski definition) is 4. The van der Waals surface area contributed by atoms with E-state index in [-0.39, 0.29) is 11.8 Å². The summed E-state index contributed by atoms with van der Waals surface area (Å²) in [7, 11) is 2.00. The lowest BCUT2D eigenvalue weighted by molar-refractivity contribution is -0.124. The Morgan fingerprint density at radius 1 is 1.17 bits per heavy atom. The zero-order chi connectivity index (χ0) is 24.1. The third-order valence-corrected chi connectivity index (χ3v) is 8.05. The molecule has 7 nitrogen and oxygen atoms in total. The van der Waals surface area contributed by atoms with Crippen LogP contribution in [0.2, 0.25) is 5.02 Å². The number of amides is 2. The Kier molecular flexibility index (Phi) is 5.77. The normalized spacial score (nSPS) is 20.1. The van der Waals surface area contributed by atoms with Gasteiger partial charge in [0.2, 0.25) is 0 Å². The minimum Gasteiger partial charge on any atom is -0.368 e. The molecule has 0 unspecified atom stereocenters. The summed E-state index contributed by atoms with van der Waals surface area (Å²) in [6.07, 6.45) is 5.31. The summed E-state index contributed by atoms with van der Waals surface area (Å²) in [5, 5.41) is 3.82. The summed E-state index contributed by atoms with van der Waals surface area (Å²) in [6.45, 7) is 1.71. The first-order chi connectivity index (χ1) is 17.0. The average Bonchev–Trinajstić information content (AvgIpc) is 3.47. The van der Waals surface area contributed by atoms with Crippen LogP contribution in [-0.2, 0) is 29.5 Å². The van der Waals surface area contributed by atoms with E-state index in [4.69, 9.17) is 21.3 Å². The fraction of sp³-hybridized carbons (Fsp3) is 0.444. The molecule has 0 bridgehead atoms. The largest absolute Gasteiger partial charge is 0.368 e. The van der Waals surface area contributed by atoms with E-state index in [2.05, 4.69) is 9.88 Å². The van der Waals surface area contributed by atoms with Crippen molar-refractivity contribution >= 4 is 40.1 Å². The Morgan fingerprint density at radius 3 is 2.77 bits per heavy atom. The highest BCUT2D eigenvalue weighted by Gasteiger charge is 2.30. The number of nitrogens with one attached hydrogen (secondary N) is 1. The molecule has 0 radical (unpaired) electrons. The summed E-state index contributed by atoms with van der Waals surface area (Å²) < 4.78 is 7.68. The number of aromatic nitrogens is 2. The third kappa shape index (κ3) is 4.00. The third-order valence-electron chi connectivity index (χ3n) is 7.70. The zero-order valence-corrected chi connectivity index (χ0v) is 20.6. The molecule has 1 atom stereocenters. The van der Waals surface area contributed by atoms with Gasteiger partial charge in [0.05, 0.1) is 16.7 Å². The number of benzene rings is 2. The molecule has 6 rings (SSSR count). The van der Waals surface area contributed by atoms with Crippen molar-refractivity contribution in [2.24, 2.45) is 7.05 Å². The Balaban J connectivity index is 1.36. The first kappa shape index (κ1) is 22.6. The molecule has 1 aliphatic carbocycles. The molecule has 1 saturated heterocycles. The van der Waals surface area contributed by atoms with Gasteiger partial charge in [0.1, 0.15) is 11.9 Å². The maximum atomic E-state index is 13.6. The number of halogens is 1. The molecule has 2 aromatic carbocycles. The molecule has 1 saturated carbocycles. The van der Waals surface area contributed by atoms with Crippen LogP contribution in [0.4, 0.5) is 5.69 Å². The summed E-state index contributed by atoms with van der Waals surface area (Å²) >= 11 is 6.37. The van der Waals surface area contributed by atoms with E-state index >= 15 is 0 Å². The van der Waals surface area contributed by atoms with Gasteiger partial charge in [-0.25, -0.2) is 4.98 Å². The number of carbonyl (C=O) groups is 2. The molecule has 0 spiro atoms. The van der Waals surface area contributed by atoms with Gasteiger partial charge in [-0.2, -0.15) is 0 Å². The van der Waals surface area contributed by atoms with Crippen LogP contribution in [-0.4, -0.2) is 45.5 Å². The number of carbonyl (C=O) groups excluding carboxylic acids is 2. The van der Waals surface area contributed by atoms with Crippen LogP contribution < -0.4 is 5.32 Å². The first-order valence-electron chi connectivity index (χ1n) is 12.5. The van der Waals surface area contributed by atoms with E-state index < -0.39 is 6.10 Å². The van der Waals surface area contributed by atoms with Crippen molar-refractivity contribution in [1.29, 1.82) is 0 Å². The number of hydrogen-bond donors (Lipinski definition) is 1. The maximum absolute atomic E-state index is 13.6. The topological polar surface area (TPSA) is 76.5 Å². The lowest BCUT2D eigenvalue weighted by Crippen LogP contribution is -2.36. The monoisotopic (exact) mass is 492 g/mol. The second-order valence-electron chi connectivity index (χ2n) is 9.89. The number of anilines is 1. The second kappa shape index (κ2) is 8.95. The van der Waals surface area contributed by atoms with Crippen molar-refractivity contribution in [2.75, 3.05) is 18.5 Å². The molecule has 8 heteroatoms. The quantitative estimate of drug-likeness (QED) is 0.567. The SMILES string of the molecule is Cn1c(C2CCC2)nc2cc(C(=O)N3CCc4c(Cl)cccc4C3)cc(NC(=O)[C@@H]3CCCO3)c21. The minimum atomic E-state index is -0.452.